The van der Waals surface area contributed by atoms with E-state index in [-0.39, 0.29) is 5.88 Å². The van der Waals surface area contributed by atoms with Gasteiger partial charge in [0.2, 0.25) is 0 Å². The van der Waals surface area contributed by atoms with Gasteiger partial charge in [0, 0.05) is 31.3 Å². The van der Waals surface area contributed by atoms with Crippen LogP contribution >= 0.6 is 23.4 Å². The summed E-state index contributed by atoms with van der Waals surface area (Å²) in [6.07, 6.45) is 0. The fraction of sp³-hybridized carbons (Fsp3) is 0.0625. The minimum atomic E-state index is -0.467. The van der Waals surface area contributed by atoms with E-state index in [4.69, 9.17) is 17.4 Å². The Hall–Kier alpha value is -2.55. The average Bonchev–Trinajstić information content (AvgIpc) is 2.97. The van der Waals surface area contributed by atoms with E-state index in [1.165, 1.54) is 0 Å². The van der Waals surface area contributed by atoms with Crippen LogP contribution in [0.1, 0.15) is 10.5 Å². The van der Waals surface area contributed by atoms with Crippen molar-refractivity contribution in [1.82, 2.24) is 10.4 Å². The molecular formula is C16H13ClN4O3S. The van der Waals surface area contributed by atoms with Crippen LogP contribution in [0.4, 0.5) is 0 Å². The summed E-state index contributed by atoms with van der Waals surface area (Å²) in [5.74, 6) is 4.58. The predicted octanol–water partition coefficient (Wildman–Crippen LogP) is 3.42. The number of nitrogens with two attached hydrogens (primary N) is 1. The van der Waals surface area contributed by atoms with Gasteiger partial charge in [-0.2, -0.15) is 0 Å². The van der Waals surface area contributed by atoms with Crippen LogP contribution in [0.25, 0.3) is 22.0 Å². The summed E-state index contributed by atoms with van der Waals surface area (Å²) in [5, 5.41) is 11.9. The molecule has 0 aliphatic carbocycles. The first-order valence-corrected chi connectivity index (χ1v) is 8.53. The number of carbonyl (C=O) groups excluding carboxylic acids is 1. The fourth-order valence-corrected chi connectivity index (χ4v) is 3.38. The summed E-state index contributed by atoms with van der Waals surface area (Å²) in [5.41, 5.74) is 4.53. The Bertz CT molecular complexity index is 973. The van der Waals surface area contributed by atoms with E-state index in [9.17, 15) is 14.9 Å². The third-order valence-electron chi connectivity index (χ3n) is 3.58. The number of halogens is 1. The topological polar surface area (TPSA) is 114 Å². The van der Waals surface area contributed by atoms with Crippen LogP contribution in [0.5, 0.6) is 0 Å². The number of fused-ring (bicyclic) bond motifs is 1. The van der Waals surface area contributed by atoms with E-state index in [0.717, 1.165) is 33.1 Å². The summed E-state index contributed by atoms with van der Waals surface area (Å²) >= 11 is 7.19. The monoisotopic (exact) mass is 376 g/mol. The van der Waals surface area contributed by atoms with Gasteiger partial charge in [0.05, 0.1) is 0 Å². The van der Waals surface area contributed by atoms with Crippen LogP contribution in [-0.2, 0) is 0 Å². The van der Waals surface area contributed by atoms with Crippen molar-refractivity contribution in [3.05, 3.63) is 63.3 Å². The number of nitrogens with one attached hydrogen (secondary N) is 2. The van der Waals surface area contributed by atoms with E-state index < -0.39 is 10.8 Å². The molecule has 2 aromatic carbocycles. The van der Waals surface area contributed by atoms with Crippen LogP contribution < -0.4 is 11.3 Å². The number of hydrogen-bond acceptors (Lipinski definition) is 5. The summed E-state index contributed by atoms with van der Waals surface area (Å²) in [6.45, 7) is 0. The lowest BCUT2D eigenvalue weighted by Gasteiger charge is -2.05. The molecule has 1 aromatic heterocycles. The van der Waals surface area contributed by atoms with Crippen molar-refractivity contribution >= 4 is 40.2 Å². The molecule has 3 rings (SSSR count). The maximum Gasteiger partial charge on any atom is 0.282 e. The number of hydrogen-bond donors (Lipinski definition) is 3. The molecule has 4 N–H and O–H groups in total. The number of hydrazine groups is 1. The molecule has 25 heavy (non-hydrogen) atoms. The van der Waals surface area contributed by atoms with Crippen LogP contribution in [0.3, 0.4) is 0 Å². The number of aromatic nitrogens is 1. The number of thioether (sulfide) groups is 1. The molecule has 9 heteroatoms. The number of rotatable bonds is 5. The number of amides is 1. The highest BCUT2D eigenvalue weighted by Crippen LogP contribution is 2.35. The van der Waals surface area contributed by atoms with Crippen molar-refractivity contribution < 1.29 is 9.72 Å². The van der Waals surface area contributed by atoms with E-state index >= 15 is 0 Å². The first-order valence-electron chi connectivity index (χ1n) is 7.17. The van der Waals surface area contributed by atoms with Crippen molar-refractivity contribution in [3.8, 4) is 11.1 Å². The molecule has 0 aliphatic rings. The third-order valence-corrected chi connectivity index (χ3v) is 4.74. The summed E-state index contributed by atoms with van der Waals surface area (Å²) in [4.78, 5) is 26.1. The van der Waals surface area contributed by atoms with Crippen LogP contribution in [-0.4, -0.2) is 21.7 Å². The van der Waals surface area contributed by atoms with Gasteiger partial charge in [-0.1, -0.05) is 23.7 Å². The maximum atomic E-state index is 12.2. The Kier molecular flexibility index (Phi) is 4.93. The van der Waals surface area contributed by atoms with Gasteiger partial charge < -0.3 is 4.98 Å². The first-order chi connectivity index (χ1) is 12.0. The SMILES string of the molecule is NNC(=O)c1[nH]c2ccc(SC[N+](=O)[O-])cc2c1-c1cccc(Cl)c1. The van der Waals surface area contributed by atoms with Gasteiger partial charge in [-0.15, -0.1) is 0 Å². The molecule has 7 nitrogen and oxygen atoms in total. The largest absolute Gasteiger partial charge is 0.350 e. The zero-order valence-electron chi connectivity index (χ0n) is 12.8. The highest BCUT2D eigenvalue weighted by molar-refractivity contribution is 7.99. The number of H-pyrrole nitrogens is 1. The van der Waals surface area contributed by atoms with Crippen molar-refractivity contribution in [1.29, 1.82) is 0 Å². The minimum Gasteiger partial charge on any atom is -0.350 e. The van der Waals surface area contributed by atoms with Crippen LogP contribution in [0, 0.1) is 10.1 Å². The Morgan fingerprint density at radius 2 is 2.12 bits per heavy atom. The third kappa shape index (κ3) is 3.60. The molecule has 1 heterocycles. The molecule has 0 bridgehead atoms. The summed E-state index contributed by atoms with van der Waals surface area (Å²) in [7, 11) is 0. The molecule has 0 fully saturated rings. The highest BCUT2D eigenvalue weighted by Gasteiger charge is 2.19. The van der Waals surface area contributed by atoms with Gasteiger partial charge in [0.1, 0.15) is 5.69 Å². The number of nitro groups is 1. The number of nitrogens with zero attached hydrogens (tertiary/aromatic N) is 1. The molecule has 1 amide bonds. The van der Waals surface area contributed by atoms with Crippen molar-refractivity contribution in [2.45, 2.75) is 4.90 Å². The lowest BCUT2D eigenvalue weighted by atomic mass is 10.0. The lowest BCUT2D eigenvalue weighted by molar-refractivity contribution is -0.456. The molecule has 0 unspecified atom stereocenters. The first kappa shape index (κ1) is 17.3. The second-order valence-corrected chi connectivity index (χ2v) is 6.63. The summed E-state index contributed by atoms with van der Waals surface area (Å²) in [6, 6.07) is 12.4. The number of aromatic amines is 1. The van der Waals surface area contributed by atoms with Crippen molar-refractivity contribution in [3.63, 3.8) is 0 Å². The van der Waals surface area contributed by atoms with Crippen LogP contribution in [0.2, 0.25) is 5.02 Å². The van der Waals surface area contributed by atoms with Crippen LogP contribution in [0.15, 0.2) is 47.4 Å². The minimum absolute atomic E-state index is 0.238. The Morgan fingerprint density at radius 3 is 2.80 bits per heavy atom. The van der Waals surface area contributed by atoms with Crippen molar-refractivity contribution in [2.24, 2.45) is 5.84 Å². The lowest BCUT2D eigenvalue weighted by Crippen LogP contribution is -2.30. The molecule has 0 saturated carbocycles. The molecular weight excluding hydrogens is 364 g/mol. The molecule has 0 spiro atoms. The van der Waals surface area contributed by atoms with E-state index in [1.807, 2.05) is 12.1 Å². The number of nitrogen functional groups attached to an aromatic ring is 1. The Morgan fingerprint density at radius 1 is 1.32 bits per heavy atom. The standard InChI is InChI=1S/C16H13ClN4O3S/c17-10-3-1-2-9(6-10)14-12-7-11(25-8-21(23)24)4-5-13(12)19-15(14)16(22)20-18/h1-7,19H,8,18H2,(H,20,22). The predicted molar refractivity (Wildman–Crippen MR) is 98.1 cm³/mol. The number of benzene rings is 2. The van der Waals surface area contributed by atoms with Gasteiger partial charge in [-0.05, 0) is 47.7 Å². The maximum absolute atomic E-state index is 12.2. The number of carbonyl (C=O) groups is 1. The Labute approximate surface area is 151 Å². The van der Waals surface area contributed by atoms with E-state index in [1.54, 1.807) is 30.3 Å². The second-order valence-electron chi connectivity index (χ2n) is 5.17. The normalized spacial score (nSPS) is 10.8. The van der Waals surface area contributed by atoms with E-state index in [2.05, 4.69) is 10.4 Å². The summed E-state index contributed by atoms with van der Waals surface area (Å²) < 4.78 is 0. The highest BCUT2D eigenvalue weighted by atomic mass is 35.5. The molecule has 0 aliphatic heterocycles. The molecule has 0 radical (unpaired) electrons. The van der Waals surface area contributed by atoms with Gasteiger partial charge in [0.15, 0.2) is 0 Å². The fourth-order valence-electron chi connectivity index (χ4n) is 2.57. The Balaban J connectivity index is 2.20. The van der Waals surface area contributed by atoms with Gasteiger partial charge in [0.25, 0.3) is 11.8 Å². The molecule has 3 aromatic rings. The van der Waals surface area contributed by atoms with Crippen molar-refractivity contribution in [2.75, 3.05) is 5.88 Å². The smallest absolute Gasteiger partial charge is 0.282 e. The van der Waals surface area contributed by atoms with Gasteiger partial charge >= 0.3 is 0 Å². The van der Waals surface area contributed by atoms with E-state index in [0.29, 0.717) is 16.3 Å². The molecule has 0 atom stereocenters. The zero-order valence-corrected chi connectivity index (χ0v) is 14.4. The second kappa shape index (κ2) is 7.14. The quantitative estimate of drug-likeness (QED) is 0.158. The zero-order chi connectivity index (χ0) is 18.0. The van der Waals surface area contributed by atoms with Gasteiger partial charge in [-0.25, -0.2) is 5.84 Å². The average molecular weight is 377 g/mol. The molecule has 128 valence electrons. The molecule has 0 saturated heterocycles. The van der Waals surface area contributed by atoms with Gasteiger partial charge in [-0.3, -0.25) is 20.3 Å².